The van der Waals surface area contributed by atoms with Crippen LogP contribution in [-0.4, -0.2) is 11.9 Å². The van der Waals surface area contributed by atoms with Crippen LogP contribution in [0.2, 0.25) is 0 Å². The van der Waals surface area contributed by atoms with Crippen molar-refractivity contribution < 1.29 is 19.0 Å². The van der Waals surface area contributed by atoms with E-state index in [1.54, 1.807) is 36.4 Å². The molecule has 0 radical (unpaired) electrons. The number of hydrogen-bond acceptors (Lipinski definition) is 5. The molecular weight excluding hydrogens is 284 g/mol. The molecule has 0 saturated heterocycles. The van der Waals surface area contributed by atoms with Crippen LogP contribution in [0.1, 0.15) is 17.2 Å². The molecule has 5 heteroatoms. The molecule has 1 unspecified atom stereocenters. The van der Waals surface area contributed by atoms with Gasteiger partial charge in [0.25, 0.3) is 0 Å². The maximum absolute atomic E-state index is 12.3. The van der Waals surface area contributed by atoms with E-state index in [4.69, 9.17) is 13.9 Å². The van der Waals surface area contributed by atoms with Gasteiger partial charge in [0.05, 0.1) is 5.39 Å². The maximum atomic E-state index is 12.3. The summed E-state index contributed by atoms with van der Waals surface area (Å²) in [5.41, 5.74) is 0.507. The van der Waals surface area contributed by atoms with Crippen LogP contribution in [0.5, 0.6) is 11.5 Å². The van der Waals surface area contributed by atoms with Crippen molar-refractivity contribution in [2.24, 2.45) is 0 Å². The Morgan fingerprint density at radius 2 is 1.82 bits per heavy atom. The summed E-state index contributed by atoms with van der Waals surface area (Å²) in [5.74, 6) is 0.513. The highest BCUT2D eigenvalue weighted by Crippen LogP contribution is 2.40. The third kappa shape index (κ3) is 1.87. The Hall–Kier alpha value is -2.79. The van der Waals surface area contributed by atoms with Gasteiger partial charge in [-0.25, -0.2) is 4.79 Å². The molecule has 1 aliphatic heterocycles. The van der Waals surface area contributed by atoms with Gasteiger partial charge in [-0.2, -0.15) is 0 Å². The summed E-state index contributed by atoms with van der Waals surface area (Å²) < 4.78 is 16.3. The zero-order valence-electron chi connectivity index (χ0n) is 11.5. The summed E-state index contributed by atoms with van der Waals surface area (Å²) in [6, 6.07) is 14.1. The van der Waals surface area contributed by atoms with Crippen LogP contribution in [0.25, 0.3) is 11.0 Å². The van der Waals surface area contributed by atoms with Gasteiger partial charge in [-0.15, -0.1) is 0 Å². The Labute approximate surface area is 125 Å². The van der Waals surface area contributed by atoms with Gasteiger partial charge in [-0.05, 0) is 18.2 Å². The first kappa shape index (κ1) is 12.9. The van der Waals surface area contributed by atoms with E-state index < -0.39 is 11.7 Å². The molecule has 2 heterocycles. The number of fused-ring (bicyclic) bond motifs is 2. The minimum Gasteiger partial charge on any atom is -0.506 e. The van der Waals surface area contributed by atoms with E-state index >= 15 is 0 Å². The van der Waals surface area contributed by atoms with Crippen molar-refractivity contribution in [2.45, 2.75) is 6.10 Å². The Morgan fingerprint density at radius 3 is 2.73 bits per heavy atom. The fraction of sp³-hybridized carbons (Fsp3) is 0.118. The third-order valence-corrected chi connectivity index (χ3v) is 3.73. The molecule has 1 atom stereocenters. The smallest absolute Gasteiger partial charge is 0.346 e. The van der Waals surface area contributed by atoms with E-state index in [-0.39, 0.29) is 18.1 Å². The number of benzene rings is 2. The van der Waals surface area contributed by atoms with E-state index in [1.807, 2.05) is 12.1 Å². The minimum absolute atomic E-state index is 0.00733. The number of hydrogen-bond donors (Lipinski definition) is 1. The third-order valence-electron chi connectivity index (χ3n) is 3.73. The van der Waals surface area contributed by atoms with Gasteiger partial charge >= 0.3 is 5.63 Å². The topological polar surface area (TPSA) is 68.9 Å². The molecule has 4 rings (SSSR count). The van der Waals surface area contributed by atoms with Crippen LogP contribution >= 0.6 is 0 Å². The summed E-state index contributed by atoms with van der Waals surface area (Å²) >= 11 is 0. The number of aromatic hydroxyl groups is 1. The zero-order chi connectivity index (χ0) is 15.1. The second-order valence-corrected chi connectivity index (χ2v) is 4.99. The van der Waals surface area contributed by atoms with Crippen molar-refractivity contribution in [1.82, 2.24) is 0 Å². The van der Waals surface area contributed by atoms with E-state index in [9.17, 15) is 9.90 Å². The van der Waals surface area contributed by atoms with Crippen molar-refractivity contribution in [1.29, 1.82) is 0 Å². The SMILES string of the molecule is O=c1oc2ccccc2c(O)c1C1OCOc2ccccc21. The van der Waals surface area contributed by atoms with E-state index in [0.29, 0.717) is 22.3 Å². The standard InChI is InChI=1S/C17H12O5/c18-15-10-5-1-4-8-13(10)22-17(19)14(15)16-11-6-2-3-7-12(11)20-9-21-16/h1-8,16,18H,9H2. The Bertz CT molecular complexity index is 912. The number of rotatable bonds is 1. The summed E-state index contributed by atoms with van der Waals surface area (Å²) in [6.45, 7) is 0.00733. The molecule has 0 bridgehead atoms. The molecular formula is C17H12O5. The van der Waals surface area contributed by atoms with Gasteiger partial charge in [-0.3, -0.25) is 0 Å². The highest BCUT2D eigenvalue weighted by atomic mass is 16.7. The lowest BCUT2D eigenvalue weighted by Crippen LogP contribution is -2.23. The molecule has 1 aliphatic rings. The second kappa shape index (κ2) is 4.89. The van der Waals surface area contributed by atoms with Crippen LogP contribution in [0.15, 0.2) is 57.7 Å². The lowest BCUT2D eigenvalue weighted by atomic mass is 9.99. The molecule has 0 amide bonds. The summed E-state index contributed by atoms with van der Waals surface area (Å²) in [7, 11) is 0. The largest absolute Gasteiger partial charge is 0.506 e. The molecule has 3 aromatic rings. The van der Waals surface area contributed by atoms with Crippen molar-refractivity contribution >= 4 is 11.0 Å². The monoisotopic (exact) mass is 296 g/mol. The molecule has 0 saturated carbocycles. The molecule has 1 aromatic heterocycles. The first-order valence-electron chi connectivity index (χ1n) is 6.84. The van der Waals surface area contributed by atoms with E-state index in [1.165, 1.54) is 0 Å². The molecule has 22 heavy (non-hydrogen) atoms. The van der Waals surface area contributed by atoms with Crippen molar-refractivity contribution in [3.05, 3.63) is 70.1 Å². The number of para-hydroxylation sites is 2. The van der Waals surface area contributed by atoms with Crippen LogP contribution in [0.4, 0.5) is 0 Å². The second-order valence-electron chi connectivity index (χ2n) is 4.99. The first-order chi connectivity index (χ1) is 10.8. The quantitative estimate of drug-likeness (QED) is 0.699. The Morgan fingerprint density at radius 1 is 1.05 bits per heavy atom. The Balaban J connectivity index is 1.98. The minimum atomic E-state index is -0.717. The summed E-state index contributed by atoms with van der Waals surface area (Å²) in [6.07, 6.45) is -0.717. The van der Waals surface area contributed by atoms with Gasteiger partial charge in [0, 0.05) is 5.56 Å². The van der Waals surface area contributed by atoms with Crippen molar-refractivity contribution in [2.75, 3.05) is 6.79 Å². The van der Waals surface area contributed by atoms with Gasteiger partial charge in [0.2, 0.25) is 0 Å². The molecule has 0 spiro atoms. The predicted octanol–water partition coefficient (Wildman–Crippen LogP) is 2.95. The van der Waals surface area contributed by atoms with E-state index in [0.717, 1.165) is 0 Å². The first-order valence-corrected chi connectivity index (χ1v) is 6.84. The van der Waals surface area contributed by atoms with Gasteiger partial charge in [0.15, 0.2) is 6.79 Å². The molecule has 110 valence electrons. The molecule has 5 nitrogen and oxygen atoms in total. The lowest BCUT2D eigenvalue weighted by Gasteiger charge is -2.26. The van der Waals surface area contributed by atoms with Gasteiger partial charge in [-0.1, -0.05) is 30.3 Å². The normalized spacial score (nSPS) is 17.0. The maximum Gasteiger partial charge on any atom is 0.346 e. The van der Waals surface area contributed by atoms with Crippen LogP contribution in [0.3, 0.4) is 0 Å². The van der Waals surface area contributed by atoms with Crippen LogP contribution in [0, 0.1) is 0 Å². The lowest BCUT2D eigenvalue weighted by molar-refractivity contribution is -0.0436. The molecule has 2 aromatic carbocycles. The fourth-order valence-electron chi connectivity index (χ4n) is 2.70. The van der Waals surface area contributed by atoms with Gasteiger partial charge < -0.3 is 19.0 Å². The number of ether oxygens (including phenoxy) is 2. The highest BCUT2D eigenvalue weighted by Gasteiger charge is 2.30. The van der Waals surface area contributed by atoms with Crippen molar-refractivity contribution in [3.63, 3.8) is 0 Å². The fourth-order valence-corrected chi connectivity index (χ4v) is 2.70. The Kier molecular flexibility index (Phi) is 2.87. The van der Waals surface area contributed by atoms with Crippen LogP contribution in [-0.2, 0) is 4.74 Å². The molecule has 0 aliphatic carbocycles. The molecule has 0 fully saturated rings. The predicted molar refractivity (Wildman–Crippen MR) is 79.0 cm³/mol. The summed E-state index contributed by atoms with van der Waals surface area (Å²) in [5, 5.41) is 11.0. The average molecular weight is 296 g/mol. The average Bonchev–Trinajstić information content (AvgIpc) is 2.55. The van der Waals surface area contributed by atoms with Crippen LogP contribution < -0.4 is 10.4 Å². The van der Waals surface area contributed by atoms with E-state index in [2.05, 4.69) is 0 Å². The molecule has 1 N–H and O–H groups in total. The van der Waals surface area contributed by atoms with Crippen molar-refractivity contribution in [3.8, 4) is 11.5 Å². The zero-order valence-corrected chi connectivity index (χ0v) is 11.5. The van der Waals surface area contributed by atoms with Gasteiger partial charge in [0.1, 0.15) is 28.7 Å². The summed E-state index contributed by atoms with van der Waals surface area (Å²) in [4.78, 5) is 12.3. The highest BCUT2D eigenvalue weighted by molar-refractivity contribution is 5.84.